The predicted molar refractivity (Wildman–Crippen MR) is 278 cm³/mol. The zero-order chi connectivity index (χ0) is 45.3. The number of para-hydroxylation sites is 4. The van der Waals surface area contributed by atoms with Crippen molar-refractivity contribution in [2.75, 3.05) is 4.90 Å². The molecule has 0 amide bonds. The summed E-state index contributed by atoms with van der Waals surface area (Å²) < 4.78 is 13.4. The Hall–Kier alpha value is -8.14. The molecule has 67 heavy (non-hydrogen) atoms. The molecule has 322 valence electrons. The van der Waals surface area contributed by atoms with E-state index in [4.69, 9.17) is 9.47 Å². The first-order valence-electron chi connectivity index (χ1n) is 23.2. The Kier molecular flexibility index (Phi) is 9.51. The van der Waals surface area contributed by atoms with Crippen molar-refractivity contribution < 1.29 is 9.47 Å². The van der Waals surface area contributed by atoms with Crippen LogP contribution in [0.4, 0.5) is 17.1 Å². The molecule has 10 aromatic rings. The van der Waals surface area contributed by atoms with Crippen molar-refractivity contribution in [1.29, 1.82) is 0 Å². The smallest absolute Gasteiger partial charge is 0.139 e. The third-order valence-corrected chi connectivity index (χ3v) is 14.2. The van der Waals surface area contributed by atoms with Crippen molar-refractivity contribution in [2.45, 2.75) is 38.5 Å². The summed E-state index contributed by atoms with van der Waals surface area (Å²) in [6.45, 7) is 9.15. The summed E-state index contributed by atoms with van der Waals surface area (Å²) in [7, 11) is 0. The lowest BCUT2D eigenvalue weighted by molar-refractivity contribution is 0.419. The average Bonchev–Trinajstić information content (AvgIpc) is 3.37. The fraction of sp³-hybridized carbons (Fsp3) is 0.0938. The van der Waals surface area contributed by atoms with E-state index in [1.54, 1.807) is 0 Å². The van der Waals surface area contributed by atoms with E-state index in [9.17, 15) is 0 Å². The van der Waals surface area contributed by atoms with Crippen LogP contribution < -0.4 is 14.4 Å². The molecule has 0 fully saturated rings. The molecule has 0 saturated carbocycles. The molecule has 0 bridgehead atoms. The molecule has 12 rings (SSSR count). The quantitative estimate of drug-likeness (QED) is 0.159. The standard InChI is InChI=1S/C64H49NO2/c1-63(2)55-20-7-9-24-59(55)66-61-53(18-12-22-57(61)63)46-32-38-49(39-33-46)65(48-36-30-43(31-37-48)42-26-28-45(29-27-42)52-17-11-15-44-14-5-6-16-51(44)52)50-40-34-47(35-41-50)54-19-13-23-58-62(54)67-60-25-10-8-21-56(60)64(58,3)4/h5-41H,1-4H3. The van der Waals surface area contributed by atoms with E-state index in [1.165, 1.54) is 49.7 Å². The molecule has 0 aromatic heterocycles. The Bertz CT molecular complexity index is 3330. The highest BCUT2D eigenvalue weighted by Crippen LogP contribution is 2.53. The van der Waals surface area contributed by atoms with Crippen LogP contribution in [0.15, 0.2) is 224 Å². The van der Waals surface area contributed by atoms with Gasteiger partial charge in [0.25, 0.3) is 0 Å². The largest absolute Gasteiger partial charge is 0.456 e. The van der Waals surface area contributed by atoms with Crippen molar-refractivity contribution in [3.8, 4) is 67.5 Å². The summed E-state index contributed by atoms with van der Waals surface area (Å²) in [5.74, 6) is 3.68. The van der Waals surface area contributed by atoms with Crippen LogP contribution in [0.2, 0.25) is 0 Å². The number of hydrogen-bond acceptors (Lipinski definition) is 3. The van der Waals surface area contributed by atoms with Gasteiger partial charge in [0.15, 0.2) is 0 Å². The van der Waals surface area contributed by atoms with E-state index in [0.29, 0.717) is 0 Å². The first kappa shape index (κ1) is 40.4. The summed E-state index contributed by atoms with van der Waals surface area (Å²) >= 11 is 0. The lowest BCUT2D eigenvalue weighted by atomic mass is 9.75. The predicted octanol–water partition coefficient (Wildman–Crippen LogP) is 17.8. The Labute approximate surface area is 393 Å². The molecular formula is C64H49NO2. The number of benzene rings is 10. The number of hydrogen-bond donors (Lipinski definition) is 0. The van der Waals surface area contributed by atoms with Crippen molar-refractivity contribution >= 4 is 27.8 Å². The zero-order valence-electron chi connectivity index (χ0n) is 38.1. The van der Waals surface area contributed by atoms with Crippen LogP contribution in [-0.4, -0.2) is 0 Å². The Morgan fingerprint density at radius 1 is 0.299 bits per heavy atom. The van der Waals surface area contributed by atoms with Gasteiger partial charge in [-0.05, 0) is 92.7 Å². The fourth-order valence-corrected chi connectivity index (χ4v) is 10.5. The summed E-state index contributed by atoms with van der Waals surface area (Å²) in [5.41, 5.74) is 16.7. The number of ether oxygens (including phenoxy) is 2. The molecule has 3 heteroatoms. The highest BCUT2D eigenvalue weighted by atomic mass is 16.5. The minimum absolute atomic E-state index is 0.195. The van der Waals surface area contributed by atoms with Crippen LogP contribution in [-0.2, 0) is 10.8 Å². The van der Waals surface area contributed by atoms with Crippen molar-refractivity contribution in [2.24, 2.45) is 0 Å². The number of nitrogens with zero attached hydrogens (tertiary/aromatic N) is 1. The topological polar surface area (TPSA) is 21.7 Å². The van der Waals surface area contributed by atoms with Gasteiger partial charge in [0, 0.05) is 61.3 Å². The van der Waals surface area contributed by atoms with Crippen LogP contribution in [0.3, 0.4) is 0 Å². The molecule has 10 aromatic carbocycles. The van der Waals surface area contributed by atoms with Crippen LogP contribution in [0, 0.1) is 0 Å². The van der Waals surface area contributed by atoms with Gasteiger partial charge < -0.3 is 14.4 Å². The fourth-order valence-electron chi connectivity index (χ4n) is 10.5. The molecule has 0 unspecified atom stereocenters. The molecule has 0 radical (unpaired) electrons. The van der Waals surface area contributed by atoms with Gasteiger partial charge in [-0.15, -0.1) is 0 Å². The Morgan fingerprint density at radius 3 is 1.15 bits per heavy atom. The first-order chi connectivity index (χ1) is 32.7. The highest BCUT2D eigenvalue weighted by Gasteiger charge is 2.36. The minimum Gasteiger partial charge on any atom is -0.456 e. The van der Waals surface area contributed by atoms with E-state index < -0.39 is 0 Å². The molecular weight excluding hydrogens is 815 g/mol. The molecule has 0 N–H and O–H groups in total. The maximum absolute atomic E-state index is 6.70. The second-order valence-corrected chi connectivity index (χ2v) is 18.9. The summed E-state index contributed by atoms with van der Waals surface area (Å²) in [6, 6.07) is 80.7. The monoisotopic (exact) mass is 863 g/mol. The SMILES string of the molecule is CC1(C)c2ccccc2Oc2c(-c3ccc(N(c4ccc(-c5ccc(-c6cccc7ccccc67)cc5)cc4)c4ccc(-c5cccc6c5Oc5ccccc5C6(C)C)cc4)cc3)cccc21. The first-order valence-corrected chi connectivity index (χ1v) is 23.2. The van der Waals surface area contributed by atoms with Crippen LogP contribution in [0.5, 0.6) is 23.0 Å². The molecule has 3 nitrogen and oxygen atoms in total. The van der Waals surface area contributed by atoms with Gasteiger partial charge in [-0.2, -0.15) is 0 Å². The third-order valence-electron chi connectivity index (χ3n) is 14.2. The molecule has 0 atom stereocenters. The maximum Gasteiger partial charge on any atom is 0.139 e. The summed E-state index contributed by atoms with van der Waals surface area (Å²) in [5, 5.41) is 2.51. The van der Waals surface area contributed by atoms with Gasteiger partial charge in [-0.25, -0.2) is 0 Å². The lowest BCUT2D eigenvalue weighted by Crippen LogP contribution is -2.24. The van der Waals surface area contributed by atoms with Gasteiger partial charge >= 0.3 is 0 Å². The second-order valence-electron chi connectivity index (χ2n) is 18.9. The minimum atomic E-state index is -0.195. The molecule has 0 saturated heterocycles. The molecule has 2 aliphatic heterocycles. The van der Waals surface area contributed by atoms with Crippen molar-refractivity contribution in [3.05, 3.63) is 247 Å². The number of rotatable bonds is 7. The number of fused-ring (bicyclic) bond motifs is 5. The average molecular weight is 864 g/mol. The van der Waals surface area contributed by atoms with Crippen molar-refractivity contribution in [3.63, 3.8) is 0 Å². The zero-order valence-corrected chi connectivity index (χ0v) is 38.1. The number of anilines is 3. The summed E-state index contributed by atoms with van der Waals surface area (Å²) in [6.07, 6.45) is 0. The second kappa shape index (κ2) is 15.8. The molecule has 0 spiro atoms. The van der Waals surface area contributed by atoms with Gasteiger partial charge in [-0.1, -0.05) is 204 Å². The van der Waals surface area contributed by atoms with Crippen LogP contribution in [0.1, 0.15) is 49.9 Å². The van der Waals surface area contributed by atoms with E-state index in [2.05, 4.69) is 257 Å². The molecule has 2 aliphatic rings. The van der Waals surface area contributed by atoms with Gasteiger partial charge in [0.2, 0.25) is 0 Å². The molecule has 2 heterocycles. The Morgan fingerprint density at radius 2 is 0.642 bits per heavy atom. The van der Waals surface area contributed by atoms with E-state index in [1.807, 2.05) is 0 Å². The highest BCUT2D eigenvalue weighted by molar-refractivity contribution is 5.97. The molecule has 0 aliphatic carbocycles. The van der Waals surface area contributed by atoms with E-state index in [0.717, 1.165) is 67.9 Å². The van der Waals surface area contributed by atoms with Crippen LogP contribution >= 0.6 is 0 Å². The third kappa shape index (κ3) is 6.81. The van der Waals surface area contributed by atoms with E-state index in [-0.39, 0.29) is 10.8 Å². The van der Waals surface area contributed by atoms with E-state index >= 15 is 0 Å². The van der Waals surface area contributed by atoms with Gasteiger partial charge in [0.05, 0.1) is 0 Å². The Balaban J connectivity index is 0.905. The maximum atomic E-state index is 6.70. The summed E-state index contributed by atoms with van der Waals surface area (Å²) in [4.78, 5) is 2.34. The lowest BCUT2D eigenvalue weighted by Gasteiger charge is -2.35. The van der Waals surface area contributed by atoms with Gasteiger partial charge in [-0.3, -0.25) is 0 Å². The van der Waals surface area contributed by atoms with Gasteiger partial charge in [0.1, 0.15) is 23.0 Å². The van der Waals surface area contributed by atoms with Crippen LogP contribution in [0.25, 0.3) is 55.3 Å². The normalized spacial score (nSPS) is 13.9. The van der Waals surface area contributed by atoms with Crippen molar-refractivity contribution in [1.82, 2.24) is 0 Å².